The summed E-state index contributed by atoms with van der Waals surface area (Å²) in [4.78, 5) is 21.4. The quantitative estimate of drug-likeness (QED) is 0.687. The normalized spacial score (nSPS) is 15.1. The lowest BCUT2D eigenvalue weighted by Gasteiger charge is -2.19. The van der Waals surface area contributed by atoms with Crippen LogP contribution in [0.15, 0.2) is 0 Å². The number of rotatable bonds is 4. The van der Waals surface area contributed by atoms with Gasteiger partial charge in [0.05, 0.1) is 5.92 Å². The summed E-state index contributed by atoms with van der Waals surface area (Å²) in [6, 6.07) is -0.759. The molecule has 2 unspecified atom stereocenters. The highest BCUT2D eigenvalue weighted by Crippen LogP contribution is 2.13. The van der Waals surface area contributed by atoms with Crippen LogP contribution in [0.25, 0.3) is 0 Å². The lowest BCUT2D eigenvalue weighted by Crippen LogP contribution is -2.45. The van der Waals surface area contributed by atoms with Crippen molar-refractivity contribution in [3.63, 3.8) is 0 Å². The van der Waals surface area contributed by atoms with E-state index in [0.717, 1.165) is 0 Å². The Hall–Kier alpha value is -1.47. The maximum atomic E-state index is 11.8. The van der Waals surface area contributed by atoms with Crippen LogP contribution in [0.3, 0.4) is 0 Å². The van der Waals surface area contributed by atoms with Crippen LogP contribution < -0.4 is 10.6 Å². The Morgan fingerprint density at radius 1 is 1.31 bits per heavy atom. The van der Waals surface area contributed by atoms with Gasteiger partial charge in [-0.05, 0) is 6.92 Å². The zero-order valence-electron chi connectivity index (χ0n) is 8.76. The Balaban J connectivity index is 4.13. The van der Waals surface area contributed by atoms with Gasteiger partial charge in [0.15, 0.2) is 0 Å². The second kappa shape index (κ2) is 5.57. The van der Waals surface area contributed by atoms with E-state index in [0.29, 0.717) is 0 Å². The number of hydrogen-bond acceptors (Lipinski definition) is 2. The zero-order chi connectivity index (χ0) is 12.9. The summed E-state index contributed by atoms with van der Waals surface area (Å²) < 4.78 is 35.3. The molecule has 0 radical (unpaired) electrons. The molecule has 8 heteroatoms. The highest BCUT2D eigenvalue weighted by molar-refractivity contribution is 5.79. The molecule has 0 aromatic carbocycles. The van der Waals surface area contributed by atoms with Gasteiger partial charge in [-0.25, -0.2) is 4.79 Å². The molecule has 0 spiro atoms. The summed E-state index contributed by atoms with van der Waals surface area (Å²) >= 11 is 0. The molecule has 0 heterocycles. The van der Waals surface area contributed by atoms with Crippen LogP contribution in [0.1, 0.15) is 13.8 Å². The van der Waals surface area contributed by atoms with E-state index in [4.69, 9.17) is 5.11 Å². The predicted molar refractivity (Wildman–Crippen MR) is 48.9 cm³/mol. The average Bonchev–Trinajstić information content (AvgIpc) is 2.10. The van der Waals surface area contributed by atoms with Gasteiger partial charge in [0.2, 0.25) is 5.91 Å². The summed E-state index contributed by atoms with van der Waals surface area (Å²) in [6.07, 6.45) is -5.80. The van der Waals surface area contributed by atoms with Crippen molar-refractivity contribution in [2.24, 2.45) is 5.92 Å². The molecule has 2 amide bonds. The van der Waals surface area contributed by atoms with Gasteiger partial charge in [-0.15, -0.1) is 0 Å². The lowest BCUT2D eigenvalue weighted by atomic mass is 10.0. The fourth-order valence-corrected chi connectivity index (χ4v) is 0.895. The molecule has 94 valence electrons. The summed E-state index contributed by atoms with van der Waals surface area (Å²) in [7, 11) is 0. The Kier molecular flexibility index (Phi) is 5.06. The molecule has 0 fully saturated rings. The third-order valence-electron chi connectivity index (χ3n) is 1.98. The molecule has 0 aliphatic heterocycles. The summed E-state index contributed by atoms with van der Waals surface area (Å²) in [5, 5.41) is 12.0. The molecule has 16 heavy (non-hydrogen) atoms. The van der Waals surface area contributed by atoms with Crippen molar-refractivity contribution in [2.45, 2.75) is 26.1 Å². The molecule has 0 bridgehead atoms. The zero-order valence-corrected chi connectivity index (χ0v) is 8.76. The number of hydrogen-bond donors (Lipinski definition) is 3. The molecule has 3 N–H and O–H groups in total. The number of alkyl halides is 3. The van der Waals surface area contributed by atoms with Gasteiger partial charge in [-0.3, -0.25) is 4.79 Å². The van der Waals surface area contributed by atoms with Crippen LogP contribution in [0.4, 0.5) is 18.0 Å². The molecule has 0 aliphatic carbocycles. The molecular weight excluding hydrogens is 229 g/mol. The second-order valence-corrected chi connectivity index (χ2v) is 3.36. The van der Waals surface area contributed by atoms with Crippen molar-refractivity contribution >= 4 is 12.0 Å². The fourth-order valence-electron chi connectivity index (χ4n) is 0.895. The number of carbonyl (C=O) groups is 2. The van der Waals surface area contributed by atoms with Gasteiger partial charge < -0.3 is 15.7 Å². The van der Waals surface area contributed by atoms with E-state index >= 15 is 0 Å². The molecule has 0 aliphatic rings. The highest BCUT2D eigenvalue weighted by atomic mass is 19.4. The Labute approximate surface area is 90.0 Å². The van der Waals surface area contributed by atoms with Crippen molar-refractivity contribution in [1.29, 1.82) is 0 Å². The average molecular weight is 242 g/mol. The third kappa shape index (κ3) is 6.10. The SMILES string of the molecule is CC(NC(=O)O)C(C)C(=O)NCC(F)(F)F. The number of halogens is 3. The molecule has 0 saturated carbocycles. The van der Waals surface area contributed by atoms with Crippen molar-refractivity contribution in [1.82, 2.24) is 10.6 Å². The Bertz CT molecular complexity index is 268. The first-order valence-corrected chi connectivity index (χ1v) is 4.47. The van der Waals surface area contributed by atoms with Crippen LogP contribution in [0.2, 0.25) is 0 Å². The number of amides is 2. The molecule has 0 aromatic rings. The smallest absolute Gasteiger partial charge is 0.405 e. The van der Waals surface area contributed by atoms with Crippen LogP contribution in [-0.4, -0.2) is 35.9 Å². The maximum absolute atomic E-state index is 11.8. The molecule has 5 nitrogen and oxygen atoms in total. The van der Waals surface area contributed by atoms with Gasteiger partial charge in [0.25, 0.3) is 0 Å². The third-order valence-corrected chi connectivity index (χ3v) is 1.98. The van der Waals surface area contributed by atoms with E-state index in [1.807, 2.05) is 5.32 Å². The van der Waals surface area contributed by atoms with Gasteiger partial charge in [0.1, 0.15) is 6.54 Å². The summed E-state index contributed by atoms with van der Waals surface area (Å²) in [5.41, 5.74) is 0. The maximum Gasteiger partial charge on any atom is 0.405 e. The molecule has 2 atom stereocenters. The van der Waals surface area contributed by atoms with Crippen molar-refractivity contribution < 1.29 is 27.9 Å². The summed E-state index contributed by atoms with van der Waals surface area (Å²) in [5.74, 6) is -1.72. The summed E-state index contributed by atoms with van der Waals surface area (Å²) in [6.45, 7) is 1.31. The first-order valence-electron chi connectivity index (χ1n) is 4.47. The van der Waals surface area contributed by atoms with Crippen LogP contribution in [-0.2, 0) is 4.79 Å². The van der Waals surface area contributed by atoms with Crippen molar-refractivity contribution in [3.8, 4) is 0 Å². The molecule has 0 rings (SSSR count). The minimum Gasteiger partial charge on any atom is -0.465 e. The van der Waals surface area contributed by atoms with Crippen LogP contribution in [0.5, 0.6) is 0 Å². The predicted octanol–water partition coefficient (Wildman–Crippen LogP) is 0.957. The highest BCUT2D eigenvalue weighted by Gasteiger charge is 2.30. The molecule has 0 saturated heterocycles. The first kappa shape index (κ1) is 14.5. The van der Waals surface area contributed by atoms with Crippen LogP contribution >= 0.6 is 0 Å². The van der Waals surface area contributed by atoms with Crippen molar-refractivity contribution in [3.05, 3.63) is 0 Å². The van der Waals surface area contributed by atoms with E-state index in [-0.39, 0.29) is 0 Å². The Morgan fingerprint density at radius 3 is 2.19 bits per heavy atom. The van der Waals surface area contributed by atoms with Gasteiger partial charge in [-0.2, -0.15) is 13.2 Å². The van der Waals surface area contributed by atoms with Gasteiger partial charge in [0, 0.05) is 6.04 Å². The van der Waals surface area contributed by atoms with E-state index in [1.54, 1.807) is 5.32 Å². The first-order chi connectivity index (χ1) is 7.13. The second-order valence-electron chi connectivity index (χ2n) is 3.36. The van der Waals surface area contributed by atoms with E-state index in [2.05, 4.69) is 0 Å². The van der Waals surface area contributed by atoms with Crippen LogP contribution in [0, 0.1) is 5.92 Å². The number of nitrogens with one attached hydrogen (secondary N) is 2. The Morgan fingerprint density at radius 2 is 1.81 bits per heavy atom. The topological polar surface area (TPSA) is 78.4 Å². The van der Waals surface area contributed by atoms with E-state index in [9.17, 15) is 22.8 Å². The van der Waals surface area contributed by atoms with Crippen molar-refractivity contribution in [2.75, 3.05) is 6.54 Å². The standard InChI is InChI=1S/C8H13F3N2O3/c1-4(5(2)13-7(15)16)6(14)12-3-8(9,10)11/h4-5,13H,3H2,1-2H3,(H,12,14)(H,15,16). The minimum absolute atomic E-state index is 0.759. The monoisotopic (exact) mass is 242 g/mol. The minimum atomic E-state index is -4.47. The van der Waals surface area contributed by atoms with Gasteiger partial charge in [-0.1, -0.05) is 6.92 Å². The molecular formula is C8H13F3N2O3. The largest absolute Gasteiger partial charge is 0.465 e. The van der Waals surface area contributed by atoms with E-state index in [1.165, 1.54) is 13.8 Å². The number of carbonyl (C=O) groups excluding carboxylic acids is 1. The fraction of sp³-hybridized carbons (Fsp3) is 0.750. The van der Waals surface area contributed by atoms with Gasteiger partial charge >= 0.3 is 12.3 Å². The van der Waals surface area contributed by atoms with E-state index < -0.39 is 36.7 Å². The number of carboxylic acid groups (broad SMARTS) is 1. The lowest BCUT2D eigenvalue weighted by molar-refractivity contribution is -0.140. The molecule has 0 aromatic heterocycles.